The molecule has 0 saturated heterocycles. The highest BCUT2D eigenvalue weighted by atomic mass is 16.5. The maximum Gasteiger partial charge on any atom is 0.336 e. The number of hydrogen-bond acceptors (Lipinski definition) is 10. The average molecular weight is 511 g/mol. The molecule has 36 heavy (non-hydrogen) atoms. The molecule has 0 spiro atoms. The van der Waals surface area contributed by atoms with Crippen molar-refractivity contribution < 1.29 is 49.4 Å². The Morgan fingerprint density at radius 3 is 2.08 bits per heavy atom. The van der Waals surface area contributed by atoms with Crippen LogP contribution in [0.15, 0.2) is 12.1 Å². The second-order valence-electron chi connectivity index (χ2n) is 8.16. The zero-order valence-corrected chi connectivity index (χ0v) is 20.2. The van der Waals surface area contributed by atoms with Gasteiger partial charge in [0.25, 0.3) is 0 Å². The molecule has 0 atom stereocenters. The standard InChI is InChI=1S/C16H22N4O3.C6H8O7/c1-11-6-13(22-2)14(23-3)7-12(11)8-19-4-5-20-15(9-19)17-18-16(20)10-21;7-3(8)1-6(13,5(11)12)2-4(9)10/h6-7,21H,4-5,8-10H2,1-3H3;13H,1-2H2,(H,7,8)(H,9,10)(H,11,12). The van der Waals surface area contributed by atoms with Gasteiger partial charge in [-0.15, -0.1) is 10.2 Å². The Balaban J connectivity index is 0.000000302. The van der Waals surface area contributed by atoms with Crippen LogP contribution in [0.1, 0.15) is 35.6 Å². The number of carbonyl (C=O) groups is 3. The van der Waals surface area contributed by atoms with E-state index >= 15 is 0 Å². The maximum atomic E-state index is 10.3. The van der Waals surface area contributed by atoms with Gasteiger partial charge in [-0.05, 0) is 30.2 Å². The Labute approximate surface area is 206 Å². The number of hydrogen-bond donors (Lipinski definition) is 5. The molecule has 1 aliphatic rings. The molecule has 0 aliphatic carbocycles. The van der Waals surface area contributed by atoms with Crippen LogP contribution >= 0.6 is 0 Å². The topological polar surface area (TPSA) is 205 Å². The van der Waals surface area contributed by atoms with Crippen molar-refractivity contribution in [2.75, 3.05) is 20.8 Å². The fourth-order valence-corrected chi connectivity index (χ4v) is 3.67. The van der Waals surface area contributed by atoms with Gasteiger partial charge in [0.15, 0.2) is 22.9 Å². The highest BCUT2D eigenvalue weighted by Gasteiger charge is 2.40. The number of aromatic nitrogens is 3. The van der Waals surface area contributed by atoms with Crippen molar-refractivity contribution in [2.45, 2.75) is 51.6 Å². The predicted molar refractivity (Wildman–Crippen MR) is 121 cm³/mol. The Bertz CT molecular complexity index is 1080. The third kappa shape index (κ3) is 7.13. The number of benzene rings is 1. The molecular weight excluding hydrogens is 480 g/mol. The van der Waals surface area contributed by atoms with Crippen molar-refractivity contribution in [1.29, 1.82) is 0 Å². The Kier molecular flexibility index (Phi) is 9.72. The van der Waals surface area contributed by atoms with Crippen LogP contribution in [-0.2, 0) is 40.6 Å². The van der Waals surface area contributed by atoms with E-state index in [2.05, 4.69) is 22.0 Å². The number of nitrogens with zero attached hydrogens (tertiary/aromatic N) is 4. The fraction of sp³-hybridized carbons (Fsp3) is 0.500. The third-order valence-corrected chi connectivity index (χ3v) is 5.57. The number of fused-ring (bicyclic) bond motifs is 1. The molecule has 0 saturated carbocycles. The normalized spacial score (nSPS) is 13.2. The number of carboxylic acid groups (broad SMARTS) is 3. The first kappa shape index (κ1) is 28.5. The van der Waals surface area contributed by atoms with Gasteiger partial charge < -0.3 is 39.6 Å². The van der Waals surface area contributed by atoms with Gasteiger partial charge in [-0.3, -0.25) is 14.5 Å². The highest BCUT2D eigenvalue weighted by Crippen LogP contribution is 2.31. The molecular formula is C22H30N4O10. The lowest BCUT2D eigenvalue weighted by Gasteiger charge is -2.28. The van der Waals surface area contributed by atoms with Crippen LogP contribution in [0, 0.1) is 6.92 Å². The molecule has 3 rings (SSSR count). The molecule has 0 amide bonds. The summed E-state index contributed by atoms with van der Waals surface area (Å²) in [6, 6.07) is 4.04. The van der Waals surface area contributed by atoms with Crippen LogP contribution in [0.2, 0.25) is 0 Å². The lowest BCUT2D eigenvalue weighted by Crippen LogP contribution is -2.42. The molecule has 1 aromatic heterocycles. The number of aryl methyl sites for hydroxylation is 1. The molecule has 5 N–H and O–H groups in total. The van der Waals surface area contributed by atoms with E-state index in [0.29, 0.717) is 5.82 Å². The second-order valence-corrected chi connectivity index (χ2v) is 8.16. The molecule has 0 radical (unpaired) electrons. The van der Waals surface area contributed by atoms with Crippen LogP contribution in [0.4, 0.5) is 0 Å². The molecule has 0 unspecified atom stereocenters. The van der Waals surface area contributed by atoms with Gasteiger partial charge in [0.2, 0.25) is 0 Å². The Hall–Kier alpha value is -3.75. The Morgan fingerprint density at radius 2 is 1.58 bits per heavy atom. The Morgan fingerprint density at radius 1 is 1.00 bits per heavy atom. The van der Waals surface area contributed by atoms with E-state index < -0.39 is 36.4 Å². The summed E-state index contributed by atoms with van der Waals surface area (Å²) in [5, 5.41) is 51.3. The number of rotatable bonds is 10. The van der Waals surface area contributed by atoms with Crippen LogP contribution in [0.5, 0.6) is 11.5 Å². The first-order valence-electron chi connectivity index (χ1n) is 10.8. The summed E-state index contributed by atoms with van der Waals surface area (Å²) >= 11 is 0. The lowest BCUT2D eigenvalue weighted by atomic mass is 9.96. The van der Waals surface area contributed by atoms with Crippen LogP contribution in [-0.4, -0.2) is 89.5 Å². The lowest BCUT2D eigenvalue weighted by molar-refractivity contribution is -0.170. The number of methoxy groups -OCH3 is 2. The molecule has 14 heteroatoms. The molecule has 2 heterocycles. The van der Waals surface area contributed by atoms with Gasteiger partial charge in [0, 0.05) is 19.6 Å². The minimum absolute atomic E-state index is 0.0677. The van der Waals surface area contributed by atoms with Crippen molar-refractivity contribution in [3.8, 4) is 11.5 Å². The molecule has 0 fully saturated rings. The molecule has 2 aromatic rings. The minimum atomic E-state index is -2.74. The van der Waals surface area contributed by atoms with E-state index in [-0.39, 0.29) is 6.61 Å². The van der Waals surface area contributed by atoms with Crippen molar-refractivity contribution >= 4 is 17.9 Å². The summed E-state index contributed by atoms with van der Waals surface area (Å²) in [6.07, 6.45) is -2.29. The largest absolute Gasteiger partial charge is 0.493 e. The van der Waals surface area contributed by atoms with E-state index in [1.54, 1.807) is 14.2 Å². The van der Waals surface area contributed by atoms with Gasteiger partial charge in [-0.1, -0.05) is 0 Å². The first-order valence-corrected chi connectivity index (χ1v) is 10.8. The number of aliphatic hydroxyl groups is 2. The van der Waals surface area contributed by atoms with Crippen LogP contribution in [0.3, 0.4) is 0 Å². The summed E-state index contributed by atoms with van der Waals surface area (Å²) < 4.78 is 12.7. The monoisotopic (exact) mass is 510 g/mol. The number of carboxylic acids is 3. The number of aliphatic hydroxyl groups excluding tert-OH is 1. The van der Waals surface area contributed by atoms with E-state index in [1.165, 1.54) is 11.1 Å². The summed E-state index contributed by atoms with van der Waals surface area (Å²) in [6.45, 7) is 5.24. The molecule has 0 bridgehead atoms. The molecule has 198 valence electrons. The highest BCUT2D eigenvalue weighted by molar-refractivity contribution is 5.88. The molecule has 14 nitrogen and oxygen atoms in total. The SMILES string of the molecule is COc1cc(C)c(CN2CCn3c(CO)nnc3C2)cc1OC.O=C(O)CC(O)(CC(=O)O)C(=O)O. The van der Waals surface area contributed by atoms with Crippen molar-refractivity contribution in [2.24, 2.45) is 0 Å². The number of aliphatic carboxylic acids is 3. The van der Waals surface area contributed by atoms with Gasteiger partial charge >= 0.3 is 17.9 Å². The second kappa shape index (κ2) is 12.3. The number of ether oxygens (including phenoxy) is 2. The first-order chi connectivity index (χ1) is 16.9. The van der Waals surface area contributed by atoms with E-state index in [0.717, 1.165) is 43.5 Å². The van der Waals surface area contributed by atoms with E-state index in [9.17, 15) is 19.5 Å². The molecule has 1 aliphatic heterocycles. The average Bonchev–Trinajstić information content (AvgIpc) is 3.21. The quantitative estimate of drug-likeness (QED) is 0.283. The van der Waals surface area contributed by atoms with Gasteiger partial charge in [-0.25, -0.2) is 4.79 Å². The fourth-order valence-electron chi connectivity index (χ4n) is 3.67. The predicted octanol–water partition coefficient (Wildman–Crippen LogP) is -0.137. The van der Waals surface area contributed by atoms with E-state index in [1.807, 2.05) is 16.7 Å². The maximum absolute atomic E-state index is 10.3. The minimum Gasteiger partial charge on any atom is -0.493 e. The van der Waals surface area contributed by atoms with Crippen molar-refractivity contribution in [3.63, 3.8) is 0 Å². The summed E-state index contributed by atoms with van der Waals surface area (Å²) in [4.78, 5) is 32.8. The smallest absolute Gasteiger partial charge is 0.336 e. The van der Waals surface area contributed by atoms with Gasteiger partial charge in [-0.2, -0.15) is 0 Å². The van der Waals surface area contributed by atoms with Crippen molar-refractivity contribution in [1.82, 2.24) is 19.7 Å². The summed E-state index contributed by atoms with van der Waals surface area (Å²) in [5.41, 5.74) is -0.360. The van der Waals surface area contributed by atoms with Crippen molar-refractivity contribution in [3.05, 3.63) is 34.9 Å². The van der Waals surface area contributed by atoms with Crippen LogP contribution < -0.4 is 9.47 Å². The zero-order chi connectivity index (χ0) is 27.0. The van der Waals surface area contributed by atoms with Gasteiger partial charge in [0.1, 0.15) is 12.4 Å². The summed E-state index contributed by atoms with van der Waals surface area (Å²) in [7, 11) is 3.30. The van der Waals surface area contributed by atoms with Crippen LogP contribution in [0.25, 0.3) is 0 Å². The molecule has 1 aromatic carbocycles. The third-order valence-electron chi connectivity index (χ3n) is 5.57. The van der Waals surface area contributed by atoms with Gasteiger partial charge in [0.05, 0.1) is 33.6 Å². The zero-order valence-electron chi connectivity index (χ0n) is 20.2. The summed E-state index contributed by atoms with van der Waals surface area (Å²) in [5.74, 6) is -1.98. The van der Waals surface area contributed by atoms with E-state index in [4.69, 9.17) is 29.9 Å².